The van der Waals surface area contributed by atoms with Crippen molar-refractivity contribution in [3.8, 4) is 5.75 Å². The molecule has 1 aromatic carbocycles. The summed E-state index contributed by atoms with van der Waals surface area (Å²) in [5.74, 6) is -3.15. The Morgan fingerprint density at radius 2 is 1.76 bits per heavy atom. The fraction of sp³-hybridized carbons (Fsp3) is 0.600. The number of carbonyl (C=O) groups is 4. The molecule has 0 bridgehead atoms. The van der Waals surface area contributed by atoms with Gasteiger partial charge in [-0.1, -0.05) is 38.6 Å². The highest BCUT2D eigenvalue weighted by molar-refractivity contribution is 8.15. The van der Waals surface area contributed by atoms with Gasteiger partial charge in [0.05, 0.1) is 18.0 Å². The summed E-state index contributed by atoms with van der Waals surface area (Å²) in [4.78, 5) is 53.6. The van der Waals surface area contributed by atoms with Crippen LogP contribution in [0.5, 0.6) is 5.75 Å². The molecule has 3 fully saturated rings. The maximum Gasteiger partial charge on any atom is 0.306 e. The number of rotatable bonds is 7. The number of methoxy groups -OCH3 is 1. The molecular weight excluding hydrogens is 602 g/mol. The van der Waals surface area contributed by atoms with Crippen LogP contribution in [0.2, 0.25) is 0 Å². The number of aliphatic hydroxyl groups excluding tert-OH is 1. The summed E-state index contributed by atoms with van der Waals surface area (Å²) in [7, 11) is 1.52. The summed E-state index contributed by atoms with van der Waals surface area (Å²) in [6, 6.07) is 6.53. The first-order valence-corrected chi connectivity index (χ1v) is 16.3. The van der Waals surface area contributed by atoms with Crippen LogP contribution < -0.4 is 4.74 Å². The van der Waals surface area contributed by atoms with E-state index >= 15 is 8.78 Å². The van der Waals surface area contributed by atoms with E-state index in [4.69, 9.17) is 9.47 Å². The molecule has 3 saturated carbocycles. The second-order valence-corrected chi connectivity index (χ2v) is 15.6. The van der Waals surface area contributed by atoms with E-state index in [1.807, 2.05) is 0 Å². The Hall–Kier alpha value is -2.85. The minimum Gasteiger partial charge on any atom is -0.497 e. The molecular formula is C35H42F2O7S. The topological polar surface area (TPSA) is 107 Å². The molecule has 0 radical (unpaired) electrons. The van der Waals surface area contributed by atoms with E-state index in [0.717, 1.165) is 17.8 Å². The van der Waals surface area contributed by atoms with Crippen LogP contribution in [0.3, 0.4) is 0 Å². The summed E-state index contributed by atoms with van der Waals surface area (Å²) in [5.41, 5.74) is -6.65. The van der Waals surface area contributed by atoms with Gasteiger partial charge in [0.15, 0.2) is 22.8 Å². The van der Waals surface area contributed by atoms with Gasteiger partial charge in [-0.15, -0.1) is 0 Å². The summed E-state index contributed by atoms with van der Waals surface area (Å²) in [5, 5.41) is 11.2. The van der Waals surface area contributed by atoms with Gasteiger partial charge >= 0.3 is 5.97 Å². The number of benzene rings is 1. The summed E-state index contributed by atoms with van der Waals surface area (Å²) < 4.78 is 43.7. The fourth-order valence-corrected chi connectivity index (χ4v) is 10.2. The van der Waals surface area contributed by atoms with Crippen LogP contribution in [-0.4, -0.2) is 63.2 Å². The van der Waals surface area contributed by atoms with Crippen molar-refractivity contribution in [2.75, 3.05) is 7.11 Å². The number of thioether (sulfide) groups is 1. The molecule has 4 aliphatic rings. The Labute approximate surface area is 267 Å². The highest BCUT2D eigenvalue weighted by Crippen LogP contribution is 2.72. The standard InChI is InChI=1S/C35H42F2O7S/c1-8-28(40)44-35(30(42)45-31(3,4)29(41)20-9-11-22(43-7)12-10-20)19(2)15-23-24-17-26(36)25-16-21(38)13-14-32(25,5)34(24,37)27(39)18-33(23,35)6/h9-14,16,19,23-24,26-27,39H,8,15,17-18H2,1-7H3/t19-,23+,24+,26+,27+,32+,33+,34+,35+/m1/s1. The summed E-state index contributed by atoms with van der Waals surface area (Å²) >= 11 is 0.765. The molecule has 0 heterocycles. The lowest BCUT2D eigenvalue weighted by molar-refractivity contribution is -0.228. The summed E-state index contributed by atoms with van der Waals surface area (Å²) in [6.45, 7) is 9.86. The molecule has 0 amide bonds. The van der Waals surface area contributed by atoms with E-state index in [1.165, 1.54) is 26.2 Å². The van der Waals surface area contributed by atoms with Crippen LogP contribution >= 0.6 is 11.8 Å². The first-order valence-electron chi connectivity index (χ1n) is 15.5. The van der Waals surface area contributed by atoms with Gasteiger partial charge in [-0.25, -0.2) is 8.78 Å². The van der Waals surface area contributed by atoms with Crippen LogP contribution in [0.1, 0.15) is 77.6 Å². The van der Waals surface area contributed by atoms with Gasteiger partial charge in [-0.05, 0) is 87.9 Å². The highest BCUT2D eigenvalue weighted by Gasteiger charge is 2.78. The largest absolute Gasteiger partial charge is 0.497 e. The van der Waals surface area contributed by atoms with Crippen molar-refractivity contribution in [2.45, 2.75) is 95.5 Å². The Bertz CT molecular complexity index is 1490. The number of ketones is 2. The van der Waals surface area contributed by atoms with Crippen molar-refractivity contribution in [2.24, 2.45) is 28.6 Å². The molecule has 0 unspecified atom stereocenters. The number of esters is 1. The zero-order chi connectivity index (χ0) is 33.3. The number of ether oxygens (including phenoxy) is 2. The molecule has 0 aliphatic heterocycles. The second-order valence-electron chi connectivity index (χ2n) is 14.0. The van der Waals surface area contributed by atoms with Crippen molar-refractivity contribution in [1.82, 2.24) is 0 Å². The van der Waals surface area contributed by atoms with Crippen LogP contribution in [0, 0.1) is 28.6 Å². The first-order chi connectivity index (χ1) is 20.9. The molecule has 4 aliphatic carbocycles. The normalized spacial score (nSPS) is 38.8. The minimum absolute atomic E-state index is 0.0107. The van der Waals surface area contributed by atoms with Crippen LogP contribution in [-0.2, 0) is 19.1 Å². The van der Waals surface area contributed by atoms with Gasteiger partial charge in [-0.3, -0.25) is 19.2 Å². The SMILES string of the molecule is CCC(=O)O[C@]1(C(=O)SC(C)(C)C(=O)c2ccc(OC)cc2)[C@H](C)C[C@H]2[C@@H]3C[C@H](F)C4=CC(=O)C=C[C@]4(C)[C@@]3(F)[C@@H](O)C[C@@]21C. The summed E-state index contributed by atoms with van der Waals surface area (Å²) in [6.07, 6.45) is 0.0879. The number of fused-ring (bicyclic) bond motifs is 5. The van der Waals surface area contributed by atoms with Gasteiger partial charge in [-0.2, -0.15) is 0 Å². The monoisotopic (exact) mass is 644 g/mol. The molecule has 1 aromatic rings. The number of halogens is 2. The van der Waals surface area contributed by atoms with E-state index in [0.29, 0.717) is 11.3 Å². The van der Waals surface area contributed by atoms with E-state index in [9.17, 15) is 24.3 Å². The molecule has 7 nitrogen and oxygen atoms in total. The lowest BCUT2D eigenvalue weighted by atomic mass is 9.44. The molecule has 10 heteroatoms. The van der Waals surface area contributed by atoms with Gasteiger partial charge < -0.3 is 14.6 Å². The Kier molecular flexibility index (Phi) is 8.30. The number of aliphatic hydroxyl groups is 1. The molecule has 9 atom stereocenters. The van der Waals surface area contributed by atoms with Crippen LogP contribution in [0.25, 0.3) is 0 Å². The van der Waals surface area contributed by atoms with Gasteiger partial charge in [0.2, 0.25) is 5.12 Å². The number of alkyl halides is 2. The van der Waals surface area contributed by atoms with E-state index in [-0.39, 0.29) is 37.0 Å². The molecule has 0 aromatic heterocycles. The number of Topliss-reactive ketones (excluding diaryl/α,β-unsaturated/α-hetero) is 1. The Balaban J connectivity index is 1.57. The first kappa shape index (κ1) is 33.5. The van der Waals surface area contributed by atoms with Crippen molar-refractivity contribution in [3.05, 3.63) is 53.6 Å². The number of hydrogen-bond acceptors (Lipinski definition) is 8. The third kappa shape index (κ3) is 4.68. The van der Waals surface area contributed by atoms with E-state index < -0.39 is 73.7 Å². The van der Waals surface area contributed by atoms with E-state index in [1.54, 1.807) is 58.9 Å². The number of hydrogen-bond donors (Lipinski definition) is 1. The van der Waals surface area contributed by atoms with Crippen molar-refractivity contribution >= 4 is 34.4 Å². The Morgan fingerprint density at radius 3 is 2.36 bits per heavy atom. The third-order valence-electron chi connectivity index (χ3n) is 11.3. The van der Waals surface area contributed by atoms with Gasteiger partial charge in [0.25, 0.3) is 0 Å². The molecule has 0 spiro atoms. The second kappa shape index (κ2) is 11.1. The average Bonchev–Trinajstić information content (AvgIpc) is 3.21. The fourth-order valence-electron chi connectivity index (χ4n) is 8.91. The van der Waals surface area contributed by atoms with Gasteiger partial charge in [0.1, 0.15) is 11.9 Å². The van der Waals surface area contributed by atoms with Crippen molar-refractivity contribution < 1.29 is 42.5 Å². The molecule has 45 heavy (non-hydrogen) atoms. The zero-order valence-electron chi connectivity index (χ0n) is 26.8. The molecule has 0 saturated heterocycles. The Morgan fingerprint density at radius 1 is 1.11 bits per heavy atom. The van der Waals surface area contributed by atoms with E-state index in [2.05, 4.69) is 0 Å². The maximum atomic E-state index is 17.7. The zero-order valence-corrected chi connectivity index (χ0v) is 27.6. The number of allylic oxidation sites excluding steroid dienone is 4. The predicted octanol–water partition coefficient (Wildman–Crippen LogP) is 6.17. The quantitative estimate of drug-likeness (QED) is 0.277. The van der Waals surface area contributed by atoms with Crippen molar-refractivity contribution in [3.63, 3.8) is 0 Å². The van der Waals surface area contributed by atoms with Crippen molar-refractivity contribution in [1.29, 1.82) is 0 Å². The van der Waals surface area contributed by atoms with Crippen LogP contribution in [0.4, 0.5) is 8.78 Å². The molecule has 244 valence electrons. The average molecular weight is 645 g/mol. The smallest absolute Gasteiger partial charge is 0.306 e. The third-order valence-corrected chi connectivity index (χ3v) is 12.5. The predicted molar refractivity (Wildman–Crippen MR) is 166 cm³/mol. The highest BCUT2D eigenvalue weighted by atomic mass is 32.2. The lowest BCUT2D eigenvalue weighted by Crippen LogP contribution is -2.70. The molecule has 5 rings (SSSR count). The van der Waals surface area contributed by atoms with Gasteiger partial charge in [0, 0.05) is 34.7 Å². The van der Waals surface area contributed by atoms with Crippen LogP contribution in [0.15, 0.2) is 48.1 Å². The minimum atomic E-state index is -2.34. The molecule has 1 N–H and O–H groups in total. The maximum absolute atomic E-state index is 17.7. The number of carbonyl (C=O) groups excluding carboxylic acids is 4. The lowest BCUT2D eigenvalue weighted by Gasteiger charge is -2.63.